The van der Waals surface area contributed by atoms with Crippen LogP contribution in [0.5, 0.6) is 0 Å². The van der Waals surface area contributed by atoms with Crippen LogP contribution in [-0.4, -0.2) is 66.7 Å². The zero-order valence-corrected chi connectivity index (χ0v) is 13.4. The lowest BCUT2D eigenvalue weighted by Gasteiger charge is -2.59. The van der Waals surface area contributed by atoms with Gasteiger partial charge in [-0.2, -0.15) is 0 Å². The fraction of sp³-hybridized carbons (Fsp3) is 0.812. The van der Waals surface area contributed by atoms with Crippen molar-refractivity contribution in [1.29, 1.82) is 0 Å². The van der Waals surface area contributed by atoms with E-state index in [4.69, 9.17) is 16.9 Å². The van der Waals surface area contributed by atoms with Gasteiger partial charge in [0.25, 0.3) is 0 Å². The van der Waals surface area contributed by atoms with Gasteiger partial charge in [-0.3, -0.25) is 9.69 Å². The van der Waals surface area contributed by atoms with Gasteiger partial charge in [0.1, 0.15) is 5.54 Å². The predicted molar refractivity (Wildman–Crippen MR) is 82.6 cm³/mol. The van der Waals surface area contributed by atoms with E-state index in [2.05, 4.69) is 10.8 Å². The predicted octanol–water partition coefficient (Wildman–Crippen LogP) is 0.296. The minimum absolute atomic E-state index is 0.0591. The SMILES string of the molecule is C#CCN1CCN(C(=O)C2(N)CC(OCC)C2(C)C)CC1. The fourth-order valence-electron chi connectivity index (χ4n) is 3.32. The van der Waals surface area contributed by atoms with Crippen LogP contribution in [0.2, 0.25) is 0 Å². The first-order chi connectivity index (χ1) is 9.86. The Morgan fingerprint density at radius 1 is 1.38 bits per heavy atom. The molecule has 0 bridgehead atoms. The van der Waals surface area contributed by atoms with E-state index >= 15 is 0 Å². The number of rotatable bonds is 4. The fourth-order valence-corrected chi connectivity index (χ4v) is 3.32. The maximum atomic E-state index is 12.8. The quantitative estimate of drug-likeness (QED) is 0.757. The summed E-state index contributed by atoms with van der Waals surface area (Å²) in [6, 6.07) is 0. The number of nitrogens with two attached hydrogens (primary N) is 1. The lowest BCUT2D eigenvalue weighted by Crippen LogP contribution is -2.76. The number of terminal acetylenes is 1. The summed E-state index contributed by atoms with van der Waals surface area (Å²) in [5, 5.41) is 0. The number of carbonyl (C=O) groups excluding carboxylic acids is 1. The summed E-state index contributed by atoms with van der Waals surface area (Å²) in [6.45, 7) is 10.4. The van der Waals surface area contributed by atoms with E-state index < -0.39 is 5.54 Å². The number of carbonyl (C=O) groups is 1. The average molecular weight is 293 g/mol. The molecule has 0 spiro atoms. The van der Waals surface area contributed by atoms with Gasteiger partial charge in [-0.15, -0.1) is 6.42 Å². The van der Waals surface area contributed by atoms with E-state index in [1.807, 2.05) is 25.7 Å². The summed E-state index contributed by atoms with van der Waals surface area (Å²) in [5.74, 6) is 2.71. The van der Waals surface area contributed by atoms with Crippen molar-refractivity contribution >= 4 is 5.91 Å². The summed E-state index contributed by atoms with van der Waals surface area (Å²) < 4.78 is 5.69. The van der Waals surface area contributed by atoms with E-state index in [0.717, 1.165) is 13.1 Å². The van der Waals surface area contributed by atoms with Gasteiger partial charge >= 0.3 is 0 Å². The van der Waals surface area contributed by atoms with Gasteiger partial charge < -0.3 is 15.4 Å². The number of piperazine rings is 1. The summed E-state index contributed by atoms with van der Waals surface area (Å²) in [5.41, 5.74) is 5.32. The first-order valence-corrected chi connectivity index (χ1v) is 7.72. The molecule has 21 heavy (non-hydrogen) atoms. The van der Waals surface area contributed by atoms with Gasteiger partial charge in [0.15, 0.2) is 0 Å². The lowest BCUT2D eigenvalue weighted by atomic mass is 9.54. The summed E-state index contributed by atoms with van der Waals surface area (Å²) >= 11 is 0. The molecule has 2 rings (SSSR count). The number of hydrogen-bond donors (Lipinski definition) is 1. The highest BCUT2D eigenvalue weighted by atomic mass is 16.5. The Balaban J connectivity index is 1.97. The first kappa shape index (κ1) is 16.3. The number of hydrogen-bond acceptors (Lipinski definition) is 4. The van der Waals surface area contributed by atoms with Gasteiger partial charge in [-0.25, -0.2) is 0 Å². The van der Waals surface area contributed by atoms with Gasteiger partial charge in [-0.1, -0.05) is 19.8 Å². The summed E-state index contributed by atoms with van der Waals surface area (Å²) in [4.78, 5) is 16.9. The van der Waals surface area contributed by atoms with Gasteiger partial charge in [0.05, 0.1) is 12.6 Å². The Morgan fingerprint density at radius 3 is 2.48 bits per heavy atom. The molecule has 0 radical (unpaired) electrons. The molecule has 1 heterocycles. The van der Waals surface area contributed by atoms with E-state index in [-0.39, 0.29) is 17.4 Å². The molecule has 1 aliphatic carbocycles. The van der Waals surface area contributed by atoms with E-state index in [1.54, 1.807) is 0 Å². The van der Waals surface area contributed by atoms with Crippen LogP contribution in [0.15, 0.2) is 0 Å². The molecular formula is C16H27N3O2. The largest absolute Gasteiger partial charge is 0.378 e. The highest BCUT2D eigenvalue weighted by Crippen LogP contribution is 2.50. The Bertz CT molecular complexity index is 435. The molecule has 2 aliphatic rings. The Hall–Kier alpha value is -1.09. The molecule has 5 nitrogen and oxygen atoms in total. The monoisotopic (exact) mass is 293 g/mol. The second-order valence-corrected chi connectivity index (χ2v) is 6.61. The standard InChI is InChI=1S/C16H27N3O2/c1-5-7-18-8-10-19(11-9-18)14(20)16(17)12-13(21-6-2)15(16,3)4/h1,13H,6-12,17H2,2-4H3. The molecule has 1 amide bonds. The van der Waals surface area contributed by atoms with Crippen molar-refractivity contribution in [2.75, 3.05) is 39.3 Å². The molecule has 1 saturated heterocycles. The van der Waals surface area contributed by atoms with Crippen molar-refractivity contribution in [3.8, 4) is 12.3 Å². The number of ether oxygens (including phenoxy) is 1. The molecule has 1 aliphatic heterocycles. The maximum Gasteiger partial charge on any atom is 0.243 e. The van der Waals surface area contributed by atoms with Crippen LogP contribution in [0, 0.1) is 17.8 Å². The Morgan fingerprint density at radius 2 is 2.00 bits per heavy atom. The minimum Gasteiger partial charge on any atom is -0.378 e. The van der Waals surface area contributed by atoms with E-state index in [1.165, 1.54) is 0 Å². The third kappa shape index (κ3) is 2.68. The van der Waals surface area contributed by atoms with Crippen LogP contribution in [0.4, 0.5) is 0 Å². The third-order valence-corrected chi connectivity index (χ3v) is 5.19. The molecule has 0 aromatic carbocycles. The Labute approximate surface area is 127 Å². The van der Waals surface area contributed by atoms with Crippen molar-refractivity contribution < 1.29 is 9.53 Å². The molecule has 1 saturated carbocycles. The van der Waals surface area contributed by atoms with E-state index in [0.29, 0.717) is 32.7 Å². The van der Waals surface area contributed by atoms with Crippen LogP contribution in [0.1, 0.15) is 27.2 Å². The highest BCUT2D eigenvalue weighted by molar-refractivity contribution is 5.89. The van der Waals surface area contributed by atoms with Gasteiger partial charge in [0.2, 0.25) is 5.91 Å². The maximum absolute atomic E-state index is 12.8. The lowest BCUT2D eigenvalue weighted by molar-refractivity contribution is -0.180. The minimum atomic E-state index is -0.804. The molecule has 2 N–H and O–H groups in total. The second-order valence-electron chi connectivity index (χ2n) is 6.61. The van der Waals surface area contributed by atoms with Crippen molar-refractivity contribution in [3.63, 3.8) is 0 Å². The molecule has 2 atom stereocenters. The topological polar surface area (TPSA) is 58.8 Å². The van der Waals surface area contributed by atoms with Crippen molar-refractivity contribution in [2.45, 2.75) is 38.8 Å². The number of nitrogens with zero attached hydrogens (tertiary/aromatic N) is 2. The molecule has 118 valence electrons. The molecule has 5 heteroatoms. The van der Waals surface area contributed by atoms with Crippen molar-refractivity contribution in [3.05, 3.63) is 0 Å². The van der Waals surface area contributed by atoms with Crippen molar-refractivity contribution in [1.82, 2.24) is 9.80 Å². The van der Waals surface area contributed by atoms with Crippen molar-refractivity contribution in [2.24, 2.45) is 11.1 Å². The molecular weight excluding hydrogens is 266 g/mol. The molecule has 0 aromatic rings. The molecule has 2 unspecified atom stereocenters. The smallest absolute Gasteiger partial charge is 0.243 e. The normalized spacial score (nSPS) is 32.3. The van der Waals surface area contributed by atoms with Gasteiger partial charge in [0, 0.05) is 44.6 Å². The summed E-state index contributed by atoms with van der Waals surface area (Å²) in [6.07, 6.45) is 6.00. The van der Waals surface area contributed by atoms with Crippen LogP contribution < -0.4 is 5.73 Å². The highest BCUT2D eigenvalue weighted by Gasteiger charge is 2.63. The van der Waals surface area contributed by atoms with Gasteiger partial charge in [-0.05, 0) is 6.92 Å². The van der Waals surface area contributed by atoms with E-state index in [9.17, 15) is 4.79 Å². The first-order valence-electron chi connectivity index (χ1n) is 7.72. The Kier molecular flexibility index (Phi) is 4.62. The molecule has 0 aromatic heterocycles. The van der Waals surface area contributed by atoms with Crippen LogP contribution in [0.3, 0.4) is 0 Å². The zero-order chi connectivity index (χ0) is 15.7. The van der Waals surface area contributed by atoms with Crippen LogP contribution in [0.25, 0.3) is 0 Å². The molecule has 2 fully saturated rings. The second kappa shape index (κ2) is 5.96. The van der Waals surface area contributed by atoms with Crippen LogP contribution in [-0.2, 0) is 9.53 Å². The van der Waals surface area contributed by atoms with Crippen LogP contribution >= 0.6 is 0 Å². The third-order valence-electron chi connectivity index (χ3n) is 5.19. The number of amides is 1. The summed E-state index contributed by atoms with van der Waals surface area (Å²) in [7, 11) is 0. The average Bonchev–Trinajstić information content (AvgIpc) is 2.47. The zero-order valence-electron chi connectivity index (χ0n) is 13.4.